The zero-order chi connectivity index (χ0) is 12.0. The average molecular weight is 246 g/mol. The number of nitrogens with one attached hydrogen (secondary N) is 2. The van der Waals surface area contributed by atoms with Crippen LogP contribution in [0.5, 0.6) is 0 Å². The fourth-order valence-electron chi connectivity index (χ4n) is 1.85. The summed E-state index contributed by atoms with van der Waals surface area (Å²) in [6.07, 6.45) is 4.53. The van der Waals surface area contributed by atoms with Crippen molar-refractivity contribution in [2.45, 2.75) is 32.2 Å². The highest BCUT2D eigenvalue weighted by atomic mass is 32.2. The number of hydrogen-bond acceptors (Lipinski definition) is 3. The summed E-state index contributed by atoms with van der Waals surface area (Å²) >= 11 is 0. The number of amides is 1. The SMILES string of the molecule is CC(CCS(C)=O)NC(=O)C1CCCNC1. The molecule has 1 fully saturated rings. The zero-order valence-corrected chi connectivity index (χ0v) is 10.9. The van der Waals surface area contributed by atoms with Gasteiger partial charge in [0.2, 0.25) is 5.91 Å². The lowest BCUT2D eigenvalue weighted by Gasteiger charge is -2.23. The Morgan fingerprint density at radius 1 is 1.62 bits per heavy atom. The molecule has 0 radical (unpaired) electrons. The Balaban J connectivity index is 2.23. The van der Waals surface area contributed by atoms with Gasteiger partial charge in [-0.15, -0.1) is 0 Å². The smallest absolute Gasteiger partial charge is 0.224 e. The number of carbonyl (C=O) groups excluding carboxylic acids is 1. The molecule has 1 saturated heterocycles. The third-order valence-electron chi connectivity index (χ3n) is 2.89. The summed E-state index contributed by atoms with van der Waals surface area (Å²) in [7, 11) is -0.769. The van der Waals surface area contributed by atoms with Crippen molar-refractivity contribution >= 4 is 16.7 Å². The summed E-state index contributed by atoms with van der Waals surface area (Å²) in [5.41, 5.74) is 0. The van der Waals surface area contributed by atoms with Gasteiger partial charge in [0.1, 0.15) is 0 Å². The maximum Gasteiger partial charge on any atom is 0.224 e. The highest BCUT2D eigenvalue weighted by Crippen LogP contribution is 2.10. The molecular formula is C11H22N2O2S. The highest BCUT2D eigenvalue weighted by Gasteiger charge is 2.21. The van der Waals surface area contributed by atoms with Crippen LogP contribution in [-0.4, -0.2) is 41.3 Å². The molecule has 4 nitrogen and oxygen atoms in total. The van der Waals surface area contributed by atoms with Crippen molar-refractivity contribution in [3.8, 4) is 0 Å². The van der Waals surface area contributed by atoms with Gasteiger partial charge in [-0.25, -0.2) is 0 Å². The summed E-state index contributed by atoms with van der Waals surface area (Å²) in [6, 6.07) is 0.123. The maximum atomic E-state index is 11.8. The molecule has 0 saturated carbocycles. The summed E-state index contributed by atoms with van der Waals surface area (Å²) in [6.45, 7) is 3.79. The van der Waals surface area contributed by atoms with Gasteiger partial charge in [-0.2, -0.15) is 0 Å². The van der Waals surface area contributed by atoms with Gasteiger partial charge in [0, 0.05) is 35.4 Å². The van der Waals surface area contributed by atoms with Crippen molar-refractivity contribution < 1.29 is 9.00 Å². The van der Waals surface area contributed by atoms with E-state index >= 15 is 0 Å². The Hall–Kier alpha value is -0.420. The van der Waals surface area contributed by atoms with E-state index in [1.165, 1.54) is 0 Å². The summed E-state index contributed by atoms with van der Waals surface area (Å²) in [4.78, 5) is 11.8. The molecule has 0 bridgehead atoms. The molecular weight excluding hydrogens is 224 g/mol. The first-order chi connectivity index (χ1) is 7.59. The summed E-state index contributed by atoms with van der Waals surface area (Å²) in [5, 5.41) is 6.22. The topological polar surface area (TPSA) is 58.2 Å². The van der Waals surface area contributed by atoms with Gasteiger partial charge in [0.05, 0.1) is 5.92 Å². The second-order valence-corrected chi connectivity index (χ2v) is 6.07. The quantitative estimate of drug-likeness (QED) is 0.731. The van der Waals surface area contributed by atoms with Gasteiger partial charge in [-0.3, -0.25) is 9.00 Å². The number of hydrogen-bond donors (Lipinski definition) is 2. The average Bonchev–Trinajstić information content (AvgIpc) is 2.27. The minimum absolute atomic E-state index is 0.114. The third kappa shape index (κ3) is 5.07. The Labute approximate surface area is 100 Å². The fraction of sp³-hybridized carbons (Fsp3) is 0.909. The fourth-order valence-corrected chi connectivity index (χ4v) is 2.54. The zero-order valence-electron chi connectivity index (χ0n) is 10.1. The van der Waals surface area contributed by atoms with Crippen LogP contribution in [0.3, 0.4) is 0 Å². The first-order valence-electron chi connectivity index (χ1n) is 5.90. The minimum Gasteiger partial charge on any atom is -0.353 e. The normalized spacial score (nSPS) is 24.8. The van der Waals surface area contributed by atoms with E-state index in [9.17, 15) is 9.00 Å². The van der Waals surface area contributed by atoms with Crippen LogP contribution in [0.25, 0.3) is 0 Å². The van der Waals surface area contributed by atoms with Crippen LogP contribution >= 0.6 is 0 Å². The molecule has 3 unspecified atom stereocenters. The van der Waals surface area contributed by atoms with Crippen molar-refractivity contribution in [1.82, 2.24) is 10.6 Å². The van der Waals surface area contributed by atoms with E-state index in [4.69, 9.17) is 0 Å². The number of carbonyl (C=O) groups is 1. The predicted octanol–water partition coefficient (Wildman–Crippen LogP) is 0.259. The van der Waals surface area contributed by atoms with E-state index in [1.54, 1.807) is 6.26 Å². The highest BCUT2D eigenvalue weighted by molar-refractivity contribution is 7.84. The van der Waals surface area contributed by atoms with Crippen molar-refractivity contribution in [2.75, 3.05) is 25.1 Å². The maximum absolute atomic E-state index is 11.8. The molecule has 1 aliphatic heterocycles. The lowest BCUT2D eigenvalue weighted by molar-refractivity contribution is -0.126. The molecule has 1 amide bonds. The Morgan fingerprint density at radius 2 is 2.38 bits per heavy atom. The molecule has 0 aromatic rings. The standard InChI is InChI=1S/C11H22N2O2S/c1-9(5-7-16(2)15)13-11(14)10-4-3-6-12-8-10/h9-10,12H,3-8H2,1-2H3,(H,13,14). The van der Waals surface area contributed by atoms with Gasteiger partial charge in [0.25, 0.3) is 0 Å². The Kier molecular flexibility index (Phi) is 5.98. The number of rotatable bonds is 5. The monoisotopic (exact) mass is 246 g/mol. The molecule has 3 atom stereocenters. The molecule has 16 heavy (non-hydrogen) atoms. The van der Waals surface area contributed by atoms with Crippen LogP contribution in [0.15, 0.2) is 0 Å². The summed E-state index contributed by atoms with van der Waals surface area (Å²) < 4.78 is 10.9. The first-order valence-corrected chi connectivity index (χ1v) is 7.63. The molecule has 0 aliphatic carbocycles. The van der Waals surface area contributed by atoms with Crippen LogP contribution in [0.4, 0.5) is 0 Å². The Morgan fingerprint density at radius 3 is 2.94 bits per heavy atom. The second-order valence-electron chi connectivity index (χ2n) is 4.52. The molecule has 0 aromatic carbocycles. The van der Waals surface area contributed by atoms with Crippen molar-refractivity contribution in [3.63, 3.8) is 0 Å². The Bertz CT molecular complexity index is 252. The lowest BCUT2D eigenvalue weighted by atomic mass is 9.98. The van der Waals surface area contributed by atoms with E-state index in [1.807, 2.05) is 6.92 Å². The van der Waals surface area contributed by atoms with E-state index in [2.05, 4.69) is 10.6 Å². The largest absolute Gasteiger partial charge is 0.353 e. The van der Waals surface area contributed by atoms with Crippen LogP contribution in [0.1, 0.15) is 26.2 Å². The van der Waals surface area contributed by atoms with E-state index in [0.29, 0.717) is 5.75 Å². The first kappa shape index (κ1) is 13.6. The van der Waals surface area contributed by atoms with Gasteiger partial charge < -0.3 is 10.6 Å². The second kappa shape index (κ2) is 7.01. The summed E-state index contributed by atoms with van der Waals surface area (Å²) in [5.74, 6) is 0.912. The molecule has 1 rings (SSSR count). The van der Waals surface area contributed by atoms with Gasteiger partial charge in [0.15, 0.2) is 0 Å². The third-order valence-corrected chi connectivity index (χ3v) is 3.71. The van der Waals surface area contributed by atoms with Gasteiger partial charge in [-0.05, 0) is 32.7 Å². The lowest BCUT2D eigenvalue weighted by Crippen LogP contribution is -2.43. The van der Waals surface area contributed by atoms with Gasteiger partial charge in [-0.1, -0.05) is 0 Å². The van der Waals surface area contributed by atoms with E-state index in [-0.39, 0.29) is 17.9 Å². The minimum atomic E-state index is -0.769. The van der Waals surface area contributed by atoms with E-state index in [0.717, 1.165) is 32.4 Å². The molecule has 1 heterocycles. The number of piperidine rings is 1. The molecule has 1 aliphatic rings. The van der Waals surface area contributed by atoms with Crippen molar-refractivity contribution in [1.29, 1.82) is 0 Å². The van der Waals surface area contributed by atoms with E-state index < -0.39 is 10.8 Å². The molecule has 0 spiro atoms. The van der Waals surface area contributed by atoms with Gasteiger partial charge >= 0.3 is 0 Å². The van der Waals surface area contributed by atoms with Crippen LogP contribution in [0, 0.1) is 5.92 Å². The van der Waals surface area contributed by atoms with Crippen molar-refractivity contribution in [3.05, 3.63) is 0 Å². The van der Waals surface area contributed by atoms with Crippen LogP contribution < -0.4 is 10.6 Å². The van der Waals surface area contributed by atoms with Crippen molar-refractivity contribution in [2.24, 2.45) is 5.92 Å². The van der Waals surface area contributed by atoms with Crippen LogP contribution in [-0.2, 0) is 15.6 Å². The predicted molar refractivity (Wildman–Crippen MR) is 66.7 cm³/mol. The molecule has 0 aromatic heterocycles. The molecule has 2 N–H and O–H groups in total. The molecule has 94 valence electrons. The van der Waals surface area contributed by atoms with Crippen LogP contribution in [0.2, 0.25) is 0 Å². The molecule has 5 heteroatoms.